The molecule has 0 saturated heterocycles. The van der Waals surface area contributed by atoms with Crippen molar-refractivity contribution in [3.8, 4) is 0 Å². The summed E-state index contributed by atoms with van der Waals surface area (Å²) in [6.07, 6.45) is 4.12. The Kier molecular flexibility index (Phi) is 9.53. The standard InChI is InChI=1S/C12H24N2O.2ClH/c1-13(2)9-12(10-14(3)4)8-6-5-7-11(12)15;;/h5-10H2,1-4H3;2*1H. The molecule has 0 aromatic heterocycles. The number of Topliss-reactive ketones (excluding diaryl/α,β-unsaturated/α-hetero) is 1. The highest BCUT2D eigenvalue weighted by molar-refractivity contribution is 5.86. The van der Waals surface area contributed by atoms with Gasteiger partial charge in [0.1, 0.15) is 5.78 Å². The van der Waals surface area contributed by atoms with Crippen molar-refractivity contribution in [2.24, 2.45) is 5.41 Å². The summed E-state index contributed by atoms with van der Waals surface area (Å²) in [5.41, 5.74) is -0.106. The molecule has 0 unspecified atom stereocenters. The van der Waals surface area contributed by atoms with E-state index in [-0.39, 0.29) is 30.2 Å². The lowest BCUT2D eigenvalue weighted by atomic mass is 9.72. The Morgan fingerprint density at radius 3 is 1.82 bits per heavy atom. The lowest BCUT2D eigenvalue weighted by molar-refractivity contribution is -0.133. The van der Waals surface area contributed by atoms with Gasteiger partial charge in [-0.3, -0.25) is 4.79 Å². The van der Waals surface area contributed by atoms with Crippen molar-refractivity contribution >= 4 is 30.6 Å². The maximum absolute atomic E-state index is 12.1. The number of carbonyl (C=O) groups is 1. The molecule has 1 fully saturated rings. The Labute approximate surface area is 118 Å². The van der Waals surface area contributed by atoms with Crippen molar-refractivity contribution in [2.45, 2.75) is 25.7 Å². The van der Waals surface area contributed by atoms with Crippen LogP contribution in [0.4, 0.5) is 0 Å². The summed E-state index contributed by atoms with van der Waals surface area (Å²) in [5, 5.41) is 0. The monoisotopic (exact) mass is 284 g/mol. The quantitative estimate of drug-likeness (QED) is 0.790. The molecule has 0 atom stereocenters. The van der Waals surface area contributed by atoms with Gasteiger partial charge in [0.05, 0.1) is 5.41 Å². The summed E-state index contributed by atoms with van der Waals surface area (Å²) >= 11 is 0. The third-order valence-electron chi connectivity index (χ3n) is 3.14. The van der Waals surface area contributed by atoms with Crippen molar-refractivity contribution in [1.29, 1.82) is 0 Å². The number of hydrogen-bond acceptors (Lipinski definition) is 3. The molecule has 0 aliphatic heterocycles. The molecule has 0 radical (unpaired) electrons. The van der Waals surface area contributed by atoms with Gasteiger partial charge in [-0.1, -0.05) is 6.42 Å². The first-order valence-electron chi connectivity index (χ1n) is 5.79. The second-order valence-corrected chi connectivity index (χ2v) is 5.39. The molecule has 0 bridgehead atoms. The molecule has 104 valence electrons. The molecule has 0 aromatic carbocycles. The fraction of sp³-hybridized carbons (Fsp3) is 0.917. The summed E-state index contributed by atoms with van der Waals surface area (Å²) in [4.78, 5) is 16.4. The predicted molar refractivity (Wildman–Crippen MR) is 77.5 cm³/mol. The fourth-order valence-corrected chi connectivity index (χ4v) is 2.75. The Balaban J connectivity index is 0. The Morgan fingerprint density at radius 2 is 1.47 bits per heavy atom. The van der Waals surface area contributed by atoms with E-state index in [1.807, 2.05) is 0 Å². The topological polar surface area (TPSA) is 23.6 Å². The van der Waals surface area contributed by atoms with Crippen LogP contribution in [0.3, 0.4) is 0 Å². The van der Waals surface area contributed by atoms with E-state index < -0.39 is 0 Å². The van der Waals surface area contributed by atoms with Crippen LogP contribution in [0.25, 0.3) is 0 Å². The second-order valence-electron chi connectivity index (χ2n) is 5.39. The first-order valence-corrected chi connectivity index (χ1v) is 5.79. The minimum atomic E-state index is -0.106. The van der Waals surface area contributed by atoms with E-state index in [4.69, 9.17) is 0 Å². The highest BCUT2D eigenvalue weighted by atomic mass is 35.5. The second kappa shape index (κ2) is 8.30. The molecule has 3 nitrogen and oxygen atoms in total. The molecule has 1 aliphatic carbocycles. The Hall–Kier alpha value is 0.170. The lowest BCUT2D eigenvalue weighted by Gasteiger charge is -2.39. The van der Waals surface area contributed by atoms with Crippen molar-refractivity contribution in [2.75, 3.05) is 41.3 Å². The summed E-state index contributed by atoms with van der Waals surface area (Å²) in [5.74, 6) is 0.469. The van der Waals surface area contributed by atoms with Gasteiger partial charge in [0.25, 0.3) is 0 Å². The van der Waals surface area contributed by atoms with Crippen LogP contribution in [0.5, 0.6) is 0 Å². The minimum Gasteiger partial charge on any atom is -0.308 e. The summed E-state index contributed by atoms with van der Waals surface area (Å²) in [6, 6.07) is 0. The number of nitrogens with zero attached hydrogens (tertiary/aromatic N) is 2. The first kappa shape index (κ1) is 19.5. The highest BCUT2D eigenvalue weighted by Gasteiger charge is 2.40. The first-order chi connectivity index (χ1) is 6.96. The van der Waals surface area contributed by atoms with Gasteiger partial charge in [-0.2, -0.15) is 0 Å². The maximum Gasteiger partial charge on any atom is 0.141 e. The maximum atomic E-state index is 12.1. The smallest absolute Gasteiger partial charge is 0.141 e. The van der Waals surface area contributed by atoms with Crippen LogP contribution in [0.2, 0.25) is 0 Å². The fourth-order valence-electron chi connectivity index (χ4n) is 2.75. The molecule has 0 spiro atoms. The van der Waals surface area contributed by atoms with E-state index in [0.717, 1.165) is 32.4 Å². The largest absolute Gasteiger partial charge is 0.308 e. The van der Waals surface area contributed by atoms with Gasteiger partial charge in [0, 0.05) is 19.5 Å². The predicted octanol–water partition coefficient (Wildman–Crippen LogP) is 2.08. The van der Waals surface area contributed by atoms with Crippen LogP contribution in [-0.2, 0) is 4.79 Å². The van der Waals surface area contributed by atoms with E-state index in [9.17, 15) is 4.79 Å². The third kappa shape index (κ3) is 5.56. The van der Waals surface area contributed by atoms with Gasteiger partial charge in [-0.05, 0) is 41.0 Å². The average Bonchev–Trinajstić information content (AvgIpc) is 2.08. The molecule has 17 heavy (non-hydrogen) atoms. The van der Waals surface area contributed by atoms with Gasteiger partial charge in [-0.25, -0.2) is 0 Å². The lowest BCUT2D eigenvalue weighted by Crippen LogP contribution is -2.48. The molecule has 0 heterocycles. The summed E-state index contributed by atoms with van der Waals surface area (Å²) in [7, 11) is 8.22. The molecule has 1 saturated carbocycles. The van der Waals surface area contributed by atoms with E-state index in [1.165, 1.54) is 6.42 Å². The molecular formula is C12H26Cl2N2O. The zero-order valence-corrected chi connectivity index (χ0v) is 13.0. The van der Waals surface area contributed by atoms with Crippen molar-refractivity contribution in [1.82, 2.24) is 9.80 Å². The van der Waals surface area contributed by atoms with Gasteiger partial charge >= 0.3 is 0 Å². The van der Waals surface area contributed by atoms with Crippen LogP contribution in [-0.4, -0.2) is 56.9 Å². The van der Waals surface area contributed by atoms with E-state index in [1.54, 1.807) is 0 Å². The number of hydrogen-bond donors (Lipinski definition) is 0. The van der Waals surface area contributed by atoms with Crippen molar-refractivity contribution in [3.05, 3.63) is 0 Å². The number of carbonyl (C=O) groups excluding carboxylic acids is 1. The number of halogens is 2. The molecule has 0 aromatic rings. The van der Waals surface area contributed by atoms with Crippen LogP contribution < -0.4 is 0 Å². The number of rotatable bonds is 4. The summed E-state index contributed by atoms with van der Waals surface area (Å²) in [6.45, 7) is 1.79. The third-order valence-corrected chi connectivity index (χ3v) is 3.14. The van der Waals surface area contributed by atoms with Crippen LogP contribution in [0, 0.1) is 5.41 Å². The normalized spacial score (nSPS) is 18.8. The van der Waals surface area contributed by atoms with Crippen molar-refractivity contribution in [3.63, 3.8) is 0 Å². The van der Waals surface area contributed by atoms with Crippen LogP contribution in [0.15, 0.2) is 0 Å². The Bertz CT molecular complexity index is 223. The zero-order chi connectivity index (χ0) is 11.5. The van der Waals surface area contributed by atoms with Crippen LogP contribution >= 0.6 is 24.8 Å². The average molecular weight is 285 g/mol. The highest BCUT2D eigenvalue weighted by Crippen LogP contribution is 2.34. The molecule has 5 heteroatoms. The number of ketones is 1. The molecule has 0 N–H and O–H groups in total. The SMILES string of the molecule is CN(C)CC1(CN(C)C)CCCCC1=O.Cl.Cl. The van der Waals surface area contributed by atoms with Gasteiger partial charge in [0.15, 0.2) is 0 Å². The minimum absolute atomic E-state index is 0. The summed E-state index contributed by atoms with van der Waals surface area (Å²) < 4.78 is 0. The zero-order valence-electron chi connectivity index (χ0n) is 11.4. The molecule has 1 aliphatic rings. The van der Waals surface area contributed by atoms with Gasteiger partial charge < -0.3 is 9.80 Å². The van der Waals surface area contributed by atoms with Crippen molar-refractivity contribution < 1.29 is 4.79 Å². The van der Waals surface area contributed by atoms with Gasteiger partial charge in [0.2, 0.25) is 0 Å². The van der Waals surface area contributed by atoms with Gasteiger partial charge in [-0.15, -0.1) is 24.8 Å². The molecular weight excluding hydrogens is 259 g/mol. The van der Waals surface area contributed by atoms with Crippen LogP contribution in [0.1, 0.15) is 25.7 Å². The Morgan fingerprint density at radius 1 is 1.00 bits per heavy atom. The van der Waals surface area contributed by atoms with E-state index >= 15 is 0 Å². The molecule has 1 rings (SSSR count). The molecule has 0 amide bonds. The van der Waals surface area contributed by atoms with E-state index in [2.05, 4.69) is 38.0 Å². The van der Waals surface area contributed by atoms with E-state index in [0.29, 0.717) is 5.78 Å².